The number of phenols is 1. The number of carbonyl (C=O) groups excluding carboxylic acids is 1. The number of ether oxygens (including phenoxy) is 1. The lowest BCUT2D eigenvalue weighted by Crippen LogP contribution is -2.29. The summed E-state index contributed by atoms with van der Waals surface area (Å²) in [5, 5.41) is 18.5. The molecule has 1 aromatic heterocycles. The number of H-pyrrole nitrogens is 1. The molecule has 182 valence electrons. The van der Waals surface area contributed by atoms with Gasteiger partial charge in [0.2, 0.25) is 0 Å². The molecule has 0 bridgehead atoms. The van der Waals surface area contributed by atoms with Crippen molar-refractivity contribution in [2.45, 2.75) is 12.6 Å². The van der Waals surface area contributed by atoms with Crippen LogP contribution in [-0.4, -0.2) is 26.1 Å². The van der Waals surface area contributed by atoms with Gasteiger partial charge in [0.15, 0.2) is 0 Å². The van der Waals surface area contributed by atoms with Gasteiger partial charge >= 0.3 is 0 Å². The molecule has 1 atom stereocenters. The highest BCUT2D eigenvalue weighted by Gasteiger charge is 2.42. The molecule has 4 aromatic carbocycles. The molecule has 37 heavy (non-hydrogen) atoms. The lowest BCUT2D eigenvalue weighted by molar-refractivity contribution is 0.0730. The van der Waals surface area contributed by atoms with Crippen molar-refractivity contribution in [2.75, 3.05) is 0 Å². The third-order valence-corrected chi connectivity index (χ3v) is 6.66. The van der Waals surface area contributed by atoms with E-state index in [1.54, 1.807) is 12.1 Å². The van der Waals surface area contributed by atoms with Crippen molar-refractivity contribution in [3.05, 3.63) is 131 Å². The molecule has 1 amide bonds. The van der Waals surface area contributed by atoms with Crippen LogP contribution in [0.4, 0.5) is 0 Å². The fourth-order valence-corrected chi connectivity index (χ4v) is 4.93. The molecule has 0 aliphatic carbocycles. The Kier molecular flexibility index (Phi) is 5.87. The molecule has 0 spiro atoms. The smallest absolute Gasteiger partial charge is 0.273 e. The van der Waals surface area contributed by atoms with Gasteiger partial charge in [-0.05, 0) is 53.6 Å². The van der Waals surface area contributed by atoms with Crippen LogP contribution in [0.25, 0.3) is 11.3 Å². The zero-order valence-electron chi connectivity index (χ0n) is 19.6. The van der Waals surface area contributed by atoms with Crippen molar-refractivity contribution in [1.82, 2.24) is 15.1 Å². The minimum Gasteiger partial charge on any atom is -0.507 e. The summed E-state index contributed by atoms with van der Waals surface area (Å²) in [7, 11) is 0. The van der Waals surface area contributed by atoms with E-state index < -0.39 is 6.04 Å². The number of rotatable bonds is 6. The fraction of sp³-hybridized carbons (Fsp3) is 0.0667. The summed E-state index contributed by atoms with van der Waals surface area (Å²) in [6.07, 6.45) is 0. The summed E-state index contributed by atoms with van der Waals surface area (Å²) in [6.45, 7) is 0.400. The number of para-hydroxylation sites is 1. The molecule has 7 heteroatoms. The monoisotopic (exact) mass is 507 g/mol. The maximum absolute atomic E-state index is 13.7. The molecule has 1 unspecified atom stereocenters. The maximum atomic E-state index is 13.7. The maximum Gasteiger partial charge on any atom is 0.273 e. The van der Waals surface area contributed by atoms with Gasteiger partial charge in [-0.3, -0.25) is 9.89 Å². The molecule has 0 fully saturated rings. The highest BCUT2D eigenvalue weighted by atomic mass is 35.5. The first-order valence-corrected chi connectivity index (χ1v) is 12.2. The predicted octanol–water partition coefficient (Wildman–Crippen LogP) is 6.97. The number of hydrogen-bond acceptors (Lipinski definition) is 4. The Bertz CT molecular complexity index is 1580. The van der Waals surface area contributed by atoms with E-state index in [2.05, 4.69) is 10.2 Å². The van der Waals surface area contributed by atoms with Crippen LogP contribution in [0, 0.1) is 0 Å². The molecule has 5 aromatic rings. The number of benzene rings is 4. The average Bonchev–Trinajstić information content (AvgIpc) is 3.46. The minimum absolute atomic E-state index is 0.0348. The van der Waals surface area contributed by atoms with E-state index in [-0.39, 0.29) is 11.7 Å². The van der Waals surface area contributed by atoms with Crippen LogP contribution in [0.15, 0.2) is 103 Å². The van der Waals surface area contributed by atoms with Gasteiger partial charge in [0.25, 0.3) is 5.91 Å². The number of nitrogens with zero attached hydrogens (tertiary/aromatic N) is 2. The Balaban J connectivity index is 1.48. The van der Waals surface area contributed by atoms with Gasteiger partial charge in [-0.1, -0.05) is 72.3 Å². The lowest BCUT2D eigenvalue weighted by atomic mass is 9.95. The molecule has 0 saturated carbocycles. The van der Waals surface area contributed by atoms with E-state index in [0.29, 0.717) is 39.8 Å². The van der Waals surface area contributed by atoms with Crippen LogP contribution < -0.4 is 4.74 Å². The Morgan fingerprint density at radius 1 is 0.892 bits per heavy atom. The van der Waals surface area contributed by atoms with Gasteiger partial charge in [-0.15, -0.1) is 0 Å². The summed E-state index contributed by atoms with van der Waals surface area (Å²) >= 11 is 6.26. The Hall–Kier alpha value is -4.55. The number of aromatic hydroxyl groups is 1. The quantitative estimate of drug-likeness (QED) is 0.260. The first-order valence-electron chi connectivity index (χ1n) is 11.8. The van der Waals surface area contributed by atoms with E-state index in [4.69, 9.17) is 16.3 Å². The summed E-state index contributed by atoms with van der Waals surface area (Å²) in [4.78, 5) is 15.5. The molecular formula is C30H22ClN3O3. The molecular weight excluding hydrogens is 486 g/mol. The topological polar surface area (TPSA) is 78.5 Å². The highest BCUT2D eigenvalue weighted by molar-refractivity contribution is 6.31. The second kappa shape index (κ2) is 9.48. The van der Waals surface area contributed by atoms with Crippen molar-refractivity contribution < 1.29 is 14.6 Å². The third-order valence-electron chi connectivity index (χ3n) is 6.43. The molecule has 2 heterocycles. The van der Waals surface area contributed by atoms with Crippen molar-refractivity contribution in [1.29, 1.82) is 0 Å². The number of fused-ring (bicyclic) bond motifs is 1. The number of phenolic OH excluding ortho intramolecular Hbond substituents is 1. The van der Waals surface area contributed by atoms with Crippen LogP contribution in [0.5, 0.6) is 17.2 Å². The average molecular weight is 508 g/mol. The number of halogens is 1. The zero-order valence-corrected chi connectivity index (χ0v) is 20.4. The molecule has 1 aliphatic heterocycles. The van der Waals surface area contributed by atoms with Crippen molar-refractivity contribution in [2.24, 2.45) is 0 Å². The highest BCUT2D eigenvalue weighted by Crippen LogP contribution is 2.46. The van der Waals surface area contributed by atoms with Crippen molar-refractivity contribution in [3.8, 4) is 28.5 Å². The second-order valence-corrected chi connectivity index (χ2v) is 9.27. The van der Waals surface area contributed by atoms with Gasteiger partial charge in [0.05, 0.1) is 6.04 Å². The van der Waals surface area contributed by atoms with Crippen molar-refractivity contribution in [3.63, 3.8) is 0 Å². The lowest BCUT2D eigenvalue weighted by Gasteiger charge is -2.27. The van der Waals surface area contributed by atoms with Gasteiger partial charge in [0, 0.05) is 22.7 Å². The van der Waals surface area contributed by atoms with Crippen molar-refractivity contribution >= 4 is 17.5 Å². The number of nitrogens with one attached hydrogen (secondary N) is 1. The fourth-order valence-electron chi connectivity index (χ4n) is 4.76. The predicted molar refractivity (Wildman–Crippen MR) is 142 cm³/mol. The van der Waals surface area contributed by atoms with E-state index in [1.807, 2.05) is 89.8 Å². The van der Waals surface area contributed by atoms with Crippen LogP contribution in [0.2, 0.25) is 5.02 Å². The van der Waals surface area contributed by atoms with Crippen LogP contribution >= 0.6 is 11.6 Å². The SMILES string of the molecule is O=C1c2[nH]nc(-c3cc(Cl)ccc3O)c2C(c2cccc(Oc3ccccc3)c2)N1Cc1ccccc1. The molecule has 0 saturated heterocycles. The Morgan fingerprint density at radius 2 is 1.62 bits per heavy atom. The third kappa shape index (κ3) is 4.32. The van der Waals surface area contributed by atoms with Crippen LogP contribution in [0.1, 0.15) is 33.2 Å². The number of aromatic nitrogens is 2. The first-order chi connectivity index (χ1) is 18.1. The van der Waals surface area contributed by atoms with Gasteiger partial charge < -0.3 is 14.7 Å². The normalized spacial score (nSPS) is 14.6. The first kappa shape index (κ1) is 22.9. The number of carbonyl (C=O) groups is 1. The number of amides is 1. The number of aromatic amines is 1. The van der Waals surface area contributed by atoms with Crippen LogP contribution in [0.3, 0.4) is 0 Å². The second-order valence-electron chi connectivity index (χ2n) is 8.83. The standard InChI is InChI=1S/C30H22ClN3O3/c31-21-14-15-25(35)24(17-21)27-26-28(33-32-27)30(36)34(18-19-8-3-1-4-9-19)29(26)20-10-7-13-23(16-20)37-22-11-5-2-6-12-22/h1-17,29,35H,18H2,(H,32,33). The van der Waals surface area contributed by atoms with Crippen LogP contribution in [-0.2, 0) is 6.54 Å². The van der Waals surface area contributed by atoms with E-state index in [0.717, 1.165) is 16.9 Å². The minimum atomic E-state index is -0.464. The molecule has 1 aliphatic rings. The van der Waals surface area contributed by atoms with Gasteiger partial charge in [-0.2, -0.15) is 5.10 Å². The Labute approximate surface area is 218 Å². The van der Waals surface area contributed by atoms with E-state index in [9.17, 15) is 9.90 Å². The summed E-state index contributed by atoms with van der Waals surface area (Å²) < 4.78 is 6.09. The van der Waals surface area contributed by atoms with E-state index in [1.165, 1.54) is 6.07 Å². The van der Waals surface area contributed by atoms with Gasteiger partial charge in [0.1, 0.15) is 28.6 Å². The summed E-state index contributed by atoms with van der Waals surface area (Å²) in [5.41, 5.74) is 3.89. The van der Waals surface area contributed by atoms with Gasteiger partial charge in [-0.25, -0.2) is 0 Å². The Morgan fingerprint density at radius 3 is 2.41 bits per heavy atom. The molecule has 0 radical (unpaired) electrons. The number of hydrogen-bond donors (Lipinski definition) is 2. The summed E-state index contributed by atoms with van der Waals surface area (Å²) in [5.74, 6) is 1.24. The molecule has 6 rings (SSSR count). The zero-order chi connectivity index (χ0) is 25.4. The molecule has 6 nitrogen and oxygen atoms in total. The summed E-state index contributed by atoms with van der Waals surface area (Å²) in [6, 6.07) is 31.4. The largest absolute Gasteiger partial charge is 0.507 e. The molecule has 2 N–H and O–H groups in total. The van der Waals surface area contributed by atoms with E-state index >= 15 is 0 Å².